The number of amides is 11. The summed E-state index contributed by atoms with van der Waals surface area (Å²) in [6, 6.07) is 5.80. The highest BCUT2D eigenvalue weighted by Gasteiger charge is 2.42. The number of rotatable bonds is 36. The van der Waals surface area contributed by atoms with Crippen molar-refractivity contribution in [2.75, 3.05) is 26.2 Å². The maximum atomic E-state index is 15.1. The van der Waals surface area contributed by atoms with E-state index < -0.39 is 149 Å². The number of hydrogen-bond acceptors (Lipinski definition) is 15. The standard InChI is InChI=1S/C70H110N12O15/c1-41(2)37-50(76-58(84)48(30-22-34-72-67(94)96-69(9,10)11)74-63(89)55(43(5)6)80-57(83)47-29-21-33-71-47)60(86)78-52(39-45-25-17-15-18-26-45)65(91)82-36-24-32-54(82)62(88)81-56(44(7)8)64(90)75-49(31-23-35-73-68(95)97-70(12,13)14)59(85)77-51(38-42(3)4)61(87)79-53(66(92)93)40-46-27-19-16-20-28-46/h15-20,25-28,41-44,47-56,71H,21-24,29-40H2,1-14H3,(H,72,94)(H,73,95)(H,74,89)(H,75,90)(H,76,84)(H,77,85)(H,78,86)(H,79,87)(H,80,83)(H,81,88)(H,92,93)/t47-,48-,49-,50-,51-,52+,53+,54-,55-,56-/m0/s1. The summed E-state index contributed by atoms with van der Waals surface area (Å²) in [6.45, 7) is 25.2. The molecule has 2 aliphatic rings. The fourth-order valence-corrected chi connectivity index (χ4v) is 11.3. The highest BCUT2D eigenvalue weighted by molar-refractivity contribution is 5.99. The summed E-state index contributed by atoms with van der Waals surface area (Å²) in [6.07, 6.45) is 0.809. The van der Waals surface area contributed by atoms with Gasteiger partial charge in [-0.3, -0.25) is 43.2 Å². The summed E-state index contributed by atoms with van der Waals surface area (Å²) in [7, 11) is 0. The van der Waals surface area contributed by atoms with Crippen LogP contribution in [0.3, 0.4) is 0 Å². The predicted octanol–water partition coefficient (Wildman–Crippen LogP) is 4.19. The van der Waals surface area contributed by atoms with Gasteiger partial charge < -0.3 is 78.0 Å². The molecule has 2 aliphatic heterocycles. The molecule has 4 rings (SSSR count). The average Bonchev–Trinajstić information content (AvgIpc) is 1.77. The van der Waals surface area contributed by atoms with Gasteiger partial charge in [0.2, 0.25) is 53.2 Å². The lowest BCUT2D eigenvalue weighted by molar-refractivity contribution is -0.143. The van der Waals surface area contributed by atoms with Gasteiger partial charge >= 0.3 is 18.2 Å². The predicted molar refractivity (Wildman–Crippen MR) is 365 cm³/mol. The second-order valence-electron chi connectivity index (χ2n) is 28.8. The molecule has 10 atom stereocenters. The van der Waals surface area contributed by atoms with Crippen LogP contribution in [0.15, 0.2) is 60.7 Å². The van der Waals surface area contributed by atoms with E-state index in [2.05, 4.69) is 58.5 Å². The summed E-state index contributed by atoms with van der Waals surface area (Å²) in [5.41, 5.74) is -0.272. The van der Waals surface area contributed by atoms with Gasteiger partial charge in [-0.15, -0.1) is 0 Å². The Morgan fingerprint density at radius 2 is 0.887 bits per heavy atom. The van der Waals surface area contributed by atoms with E-state index in [1.807, 2.05) is 27.7 Å². The van der Waals surface area contributed by atoms with E-state index in [4.69, 9.17) is 9.47 Å². The first kappa shape index (κ1) is 81.1. The molecule has 540 valence electrons. The number of likely N-dealkylation sites (tertiary alicyclic amines) is 1. The van der Waals surface area contributed by atoms with Gasteiger partial charge in [0.1, 0.15) is 65.6 Å². The van der Waals surface area contributed by atoms with Gasteiger partial charge in [0.15, 0.2) is 0 Å². The van der Waals surface area contributed by atoms with Crippen molar-refractivity contribution in [1.29, 1.82) is 0 Å². The lowest BCUT2D eigenvalue weighted by Crippen LogP contribution is -2.61. The van der Waals surface area contributed by atoms with Crippen LogP contribution >= 0.6 is 0 Å². The van der Waals surface area contributed by atoms with Crippen LogP contribution in [0.2, 0.25) is 0 Å². The molecular formula is C70H110N12O15. The molecule has 2 aromatic rings. The Morgan fingerprint density at radius 3 is 1.28 bits per heavy atom. The Labute approximate surface area is 571 Å². The molecule has 11 amide bonds. The number of alkyl carbamates (subject to hydrolysis) is 2. The summed E-state index contributed by atoms with van der Waals surface area (Å²) in [5.74, 6) is -8.81. The minimum absolute atomic E-state index is 0.0115. The Hall–Kier alpha value is -8.36. The van der Waals surface area contributed by atoms with E-state index in [-0.39, 0.29) is 95.2 Å². The molecule has 0 radical (unpaired) electrons. The van der Waals surface area contributed by atoms with Crippen LogP contribution in [-0.2, 0) is 70.3 Å². The zero-order valence-electron chi connectivity index (χ0n) is 59.3. The van der Waals surface area contributed by atoms with Crippen molar-refractivity contribution in [3.8, 4) is 0 Å². The van der Waals surface area contributed by atoms with Crippen LogP contribution < -0.4 is 58.5 Å². The third kappa shape index (κ3) is 29.1. The molecule has 0 unspecified atom stereocenters. The second kappa shape index (κ2) is 39.1. The van der Waals surface area contributed by atoms with Crippen molar-refractivity contribution < 1.29 is 72.1 Å². The maximum Gasteiger partial charge on any atom is 0.407 e. The summed E-state index contributed by atoms with van der Waals surface area (Å²) in [4.78, 5) is 169. The maximum absolute atomic E-state index is 15.1. The Kier molecular flexibility index (Phi) is 32.7. The van der Waals surface area contributed by atoms with E-state index in [0.29, 0.717) is 30.5 Å². The number of carboxylic acid groups (broad SMARTS) is 1. The quantitative estimate of drug-likeness (QED) is 0.0426. The molecule has 12 N–H and O–H groups in total. The van der Waals surface area contributed by atoms with Crippen molar-refractivity contribution in [1.82, 2.24) is 63.4 Å². The summed E-state index contributed by atoms with van der Waals surface area (Å²) >= 11 is 0. The zero-order valence-corrected chi connectivity index (χ0v) is 59.3. The fourth-order valence-electron chi connectivity index (χ4n) is 11.3. The molecular weight excluding hydrogens is 1250 g/mol. The van der Waals surface area contributed by atoms with Crippen LogP contribution in [0.4, 0.5) is 9.59 Å². The molecule has 2 heterocycles. The number of hydrogen-bond donors (Lipinski definition) is 12. The van der Waals surface area contributed by atoms with Crippen LogP contribution in [0.1, 0.15) is 172 Å². The van der Waals surface area contributed by atoms with Crippen LogP contribution in [0.25, 0.3) is 0 Å². The molecule has 2 saturated heterocycles. The van der Waals surface area contributed by atoms with Gasteiger partial charge in [0, 0.05) is 32.5 Å². The highest BCUT2D eigenvalue weighted by atomic mass is 16.6. The Morgan fingerprint density at radius 1 is 0.495 bits per heavy atom. The monoisotopic (exact) mass is 1360 g/mol. The summed E-state index contributed by atoms with van der Waals surface area (Å²) in [5, 5.41) is 40.8. The normalized spacial score (nSPS) is 17.2. The van der Waals surface area contributed by atoms with Crippen LogP contribution in [0.5, 0.6) is 0 Å². The fraction of sp³-hybridized carbons (Fsp3) is 0.657. The van der Waals surface area contributed by atoms with Gasteiger partial charge in [-0.05, 0) is 147 Å². The molecule has 97 heavy (non-hydrogen) atoms. The van der Waals surface area contributed by atoms with Crippen LogP contribution in [0, 0.1) is 23.7 Å². The SMILES string of the molecule is CC(C)C[C@H](NC(=O)[C@H](CCCNC(=O)OC(C)(C)C)NC(=O)[C@@H](NC(=O)[C@@H]1CCCN1C(=O)[C@@H](Cc1ccccc1)NC(=O)[C@H](CC(C)C)NC(=O)[C@H](CCCNC(=O)OC(C)(C)C)NC(=O)[C@@H](NC(=O)[C@@H]1CCCN1)C(C)C)C(C)C)C(=O)N[C@H](Cc1ccccc1)C(=O)O. The first-order valence-corrected chi connectivity index (χ1v) is 34.2. The third-order valence-electron chi connectivity index (χ3n) is 16.1. The molecule has 0 spiro atoms. The topological polar surface area (TPSA) is 379 Å². The number of carbonyl (C=O) groups excluding carboxylic acids is 11. The molecule has 0 aromatic heterocycles. The van der Waals surface area contributed by atoms with Gasteiger partial charge in [-0.1, -0.05) is 116 Å². The average molecular weight is 1360 g/mol. The lowest BCUT2D eigenvalue weighted by atomic mass is 9.99. The number of nitrogens with zero attached hydrogens (tertiary/aromatic N) is 1. The Bertz CT molecular complexity index is 2950. The van der Waals surface area contributed by atoms with Gasteiger partial charge in [-0.2, -0.15) is 0 Å². The number of carboxylic acids is 1. The van der Waals surface area contributed by atoms with Gasteiger partial charge in [0.25, 0.3) is 0 Å². The Balaban J connectivity index is 1.60. The largest absolute Gasteiger partial charge is 0.480 e. The minimum Gasteiger partial charge on any atom is -0.480 e. The van der Waals surface area contributed by atoms with Crippen molar-refractivity contribution in [2.24, 2.45) is 23.7 Å². The van der Waals surface area contributed by atoms with Crippen molar-refractivity contribution >= 4 is 71.3 Å². The van der Waals surface area contributed by atoms with E-state index in [9.17, 15) is 57.8 Å². The van der Waals surface area contributed by atoms with E-state index in [1.54, 1.807) is 130 Å². The molecule has 2 fully saturated rings. The smallest absolute Gasteiger partial charge is 0.407 e. The second-order valence-corrected chi connectivity index (χ2v) is 28.8. The third-order valence-corrected chi connectivity index (χ3v) is 16.1. The van der Waals surface area contributed by atoms with E-state index in [0.717, 1.165) is 6.42 Å². The summed E-state index contributed by atoms with van der Waals surface area (Å²) < 4.78 is 10.7. The first-order chi connectivity index (χ1) is 45.5. The van der Waals surface area contributed by atoms with Gasteiger partial charge in [0.05, 0.1) is 6.04 Å². The van der Waals surface area contributed by atoms with Crippen molar-refractivity contribution in [3.05, 3.63) is 71.8 Å². The van der Waals surface area contributed by atoms with E-state index >= 15 is 4.79 Å². The molecule has 0 aliphatic carbocycles. The highest BCUT2D eigenvalue weighted by Crippen LogP contribution is 2.22. The molecule has 27 heteroatoms. The molecule has 0 saturated carbocycles. The lowest BCUT2D eigenvalue weighted by Gasteiger charge is -2.32. The zero-order chi connectivity index (χ0) is 72.3. The molecule has 0 bridgehead atoms. The number of carbonyl (C=O) groups is 12. The number of nitrogens with one attached hydrogen (secondary N) is 11. The number of aliphatic carboxylic acids is 1. The van der Waals surface area contributed by atoms with Gasteiger partial charge in [-0.25, -0.2) is 14.4 Å². The minimum atomic E-state index is -1.36. The number of ether oxygens (including phenoxy) is 2. The van der Waals surface area contributed by atoms with Crippen LogP contribution in [-0.4, -0.2) is 179 Å². The molecule has 2 aromatic carbocycles. The van der Waals surface area contributed by atoms with Crippen molar-refractivity contribution in [3.63, 3.8) is 0 Å². The number of benzene rings is 2. The first-order valence-electron chi connectivity index (χ1n) is 34.2. The van der Waals surface area contributed by atoms with E-state index in [1.165, 1.54) is 4.90 Å². The van der Waals surface area contributed by atoms with Crippen molar-refractivity contribution in [2.45, 2.75) is 246 Å². The molecule has 27 nitrogen and oxygen atoms in total.